The van der Waals surface area contributed by atoms with Crippen LogP contribution in [0.25, 0.3) is 6.08 Å². The van der Waals surface area contributed by atoms with Crippen LogP contribution in [0.5, 0.6) is 0 Å². The Morgan fingerprint density at radius 3 is 2.68 bits per heavy atom. The second-order valence-corrected chi connectivity index (χ2v) is 15.5. The summed E-state index contributed by atoms with van der Waals surface area (Å²) in [6.45, 7) is 1.06. The molecule has 1 aromatic rings. The van der Waals surface area contributed by atoms with Crippen molar-refractivity contribution in [2.75, 3.05) is 18.5 Å². The molecule has 1 aromatic heterocycles. The predicted octanol–water partition coefficient (Wildman–Crippen LogP) is 9.32. The molecule has 0 N–H and O–H groups in total. The number of allylic oxidation sites excluding steroid dienone is 11. The van der Waals surface area contributed by atoms with Gasteiger partial charge in [-0.3, -0.25) is 0 Å². The van der Waals surface area contributed by atoms with Gasteiger partial charge in [0.05, 0.1) is 12.2 Å². The van der Waals surface area contributed by atoms with Gasteiger partial charge in [-0.05, 0) is 99.0 Å². The predicted molar refractivity (Wildman–Crippen MR) is 188 cm³/mol. The van der Waals surface area contributed by atoms with E-state index in [4.69, 9.17) is 13.9 Å². The van der Waals surface area contributed by atoms with Gasteiger partial charge in [0.15, 0.2) is 5.88 Å². The van der Waals surface area contributed by atoms with E-state index in [0.29, 0.717) is 23.7 Å². The molecule has 47 heavy (non-hydrogen) atoms. The number of fused-ring (bicyclic) bond motifs is 11. The third-order valence-corrected chi connectivity index (χ3v) is 13.1. The summed E-state index contributed by atoms with van der Waals surface area (Å²) >= 11 is 0. The van der Waals surface area contributed by atoms with E-state index < -0.39 is 0 Å². The minimum atomic E-state index is -0.123. The lowest BCUT2D eigenvalue weighted by Gasteiger charge is -2.63. The number of ether oxygens (including phenoxy) is 2. The van der Waals surface area contributed by atoms with Crippen LogP contribution >= 0.6 is 0 Å². The van der Waals surface area contributed by atoms with Crippen molar-refractivity contribution >= 4 is 12.0 Å². The fourth-order valence-corrected chi connectivity index (χ4v) is 11.2. The van der Waals surface area contributed by atoms with Crippen molar-refractivity contribution < 1.29 is 13.9 Å². The summed E-state index contributed by atoms with van der Waals surface area (Å²) in [5.41, 5.74) is 5.54. The summed E-state index contributed by atoms with van der Waals surface area (Å²) < 4.78 is 20.8. The van der Waals surface area contributed by atoms with E-state index in [9.17, 15) is 0 Å². The standard InChI is InChI=1S/C43H47NO3/c1-44-24-10-14-31-41-30(13-9-19-38(41)47-42(31)44)29-21-23-35-40(26-29)46-37-18-8-6-16-33(37)43(35)32-15-5-7-17-36(32)45-39-25-28(20-22-34(39)43)27-11-3-2-4-12-27/h3,5,7,9,11,15-23,26-28,30,32,34-36,39-40H,2,4,6,8,10,12-14,24-25H2,1H3. The molecule has 0 bridgehead atoms. The first kappa shape index (κ1) is 28.5. The number of nitrogens with zero attached hydrogens (tertiary/aromatic N) is 1. The quantitative estimate of drug-likeness (QED) is 0.307. The molecule has 1 spiro atoms. The van der Waals surface area contributed by atoms with Gasteiger partial charge in [-0.25, -0.2) is 0 Å². The number of hydrogen-bond donors (Lipinski definition) is 0. The second kappa shape index (κ2) is 11.0. The Balaban J connectivity index is 1.08. The van der Waals surface area contributed by atoms with E-state index in [2.05, 4.69) is 103 Å². The van der Waals surface area contributed by atoms with E-state index in [0.717, 1.165) is 56.1 Å². The maximum atomic E-state index is 7.15. The van der Waals surface area contributed by atoms with E-state index in [1.54, 1.807) is 0 Å². The molecule has 242 valence electrons. The van der Waals surface area contributed by atoms with Crippen LogP contribution in [0.15, 0.2) is 106 Å². The Morgan fingerprint density at radius 2 is 1.74 bits per heavy atom. The molecule has 2 saturated heterocycles. The van der Waals surface area contributed by atoms with Crippen molar-refractivity contribution in [1.82, 2.24) is 0 Å². The normalized spacial score (nSPS) is 40.7. The van der Waals surface area contributed by atoms with E-state index in [-0.39, 0.29) is 35.6 Å². The van der Waals surface area contributed by atoms with Crippen LogP contribution < -0.4 is 4.90 Å². The molecule has 0 amide bonds. The molecule has 2 fully saturated rings. The van der Waals surface area contributed by atoms with Crippen LogP contribution in [0.1, 0.15) is 74.2 Å². The summed E-state index contributed by atoms with van der Waals surface area (Å²) in [5.74, 6) is 5.54. The molecule has 0 aromatic carbocycles. The maximum absolute atomic E-state index is 7.15. The lowest BCUT2D eigenvalue weighted by atomic mass is 9.47. The molecule has 3 aliphatic heterocycles. The maximum Gasteiger partial charge on any atom is 0.199 e. The minimum absolute atomic E-state index is 0.0117. The first-order valence-electron chi connectivity index (χ1n) is 18.6. The summed E-state index contributed by atoms with van der Waals surface area (Å²) in [7, 11) is 2.17. The molecule has 4 heterocycles. The van der Waals surface area contributed by atoms with E-state index >= 15 is 0 Å². The Labute approximate surface area is 279 Å². The van der Waals surface area contributed by atoms with Gasteiger partial charge in [0.1, 0.15) is 17.6 Å². The molecule has 10 unspecified atom stereocenters. The molecule has 4 heteroatoms. The van der Waals surface area contributed by atoms with Crippen LogP contribution in [0, 0.1) is 35.0 Å². The highest BCUT2D eigenvalue weighted by molar-refractivity contribution is 5.66. The van der Waals surface area contributed by atoms with Crippen molar-refractivity contribution in [2.24, 2.45) is 35.0 Å². The largest absolute Gasteiger partial charge is 0.486 e. The van der Waals surface area contributed by atoms with Gasteiger partial charge < -0.3 is 18.8 Å². The number of anilines is 1. The van der Waals surface area contributed by atoms with Gasteiger partial charge in [0.2, 0.25) is 0 Å². The van der Waals surface area contributed by atoms with Crippen LogP contribution in [0.3, 0.4) is 0 Å². The molecular formula is C43H47NO3. The van der Waals surface area contributed by atoms with Gasteiger partial charge in [0, 0.05) is 53.8 Å². The van der Waals surface area contributed by atoms with Crippen molar-refractivity contribution in [3.63, 3.8) is 0 Å². The topological polar surface area (TPSA) is 34.8 Å². The second-order valence-electron chi connectivity index (χ2n) is 15.5. The van der Waals surface area contributed by atoms with Crippen LogP contribution in [0.4, 0.5) is 5.88 Å². The lowest BCUT2D eigenvalue weighted by Crippen LogP contribution is -2.63. The Hall–Kier alpha value is -3.50. The highest BCUT2D eigenvalue weighted by atomic mass is 16.5. The zero-order valence-corrected chi connectivity index (χ0v) is 27.6. The molecule has 0 saturated carbocycles. The highest BCUT2D eigenvalue weighted by Crippen LogP contribution is 2.65. The zero-order chi connectivity index (χ0) is 31.1. The van der Waals surface area contributed by atoms with E-state index in [1.807, 2.05) is 0 Å². The molecule has 4 nitrogen and oxygen atoms in total. The summed E-state index contributed by atoms with van der Waals surface area (Å²) in [6.07, 6.45) is 47.0. The number of furan rings is 1. The molecule has 9 aliphatic rings. The molecule has 10 rings (SSSR count). The fourth-order valence-electron chi connectivity index (χ4n) is 11.2. The first-order valence-corrected chi connectivity index (χ1v) is 18.6. The molecule has 0 radical (unpaired) electrons. The van der Waals surface area contributed by atoms with Crippen molar-refractivity contribution in [3.05, 3.63) is 119 Å². The molecule has 6 aliphatic carbocycles. The smallest absolute Gasteiger partial charge is 0.199 e. The third-order valence-electron chi connectivity index (χ3n) is 13.1. The first-order chi connectivity index (χ1) is 23.2. The van der Waals surface area contributed by atoms with E-state index in [1.165, 1.54) is 48.0 Å². The fraction of sp³-hybridized carbons (Fsp3) is 0.488. The van der Waals surface area contributed by atoms with Crippen molar-refractivity contribution in [1.29, 1.82) is 0 Å². The Morgan fingerprint density at radius 1 is 0.830 bits per heavy atom. The van der Waals surface area contributed by atoms with Gasteiger partial charge in [-0.1, -0.05) is 72.9 Å². The van der Waals surface area contributed by atoms with Gasteiger partial charge in [-0.15, -0.1) is 0 Å². The summed E-state index contributed by atoms with van der Waals surface area (Å²) in [5, 5.41) is 0. The van der Waals surface area contributed by atoms with Gasteiger partial charge in [-0.2, -0.15) is 0 Å². The number of hydrogen-bond acceptors (Lipinski definition) is 4. The lowest BCUT2D eigenvalue weighted by molar-refractivity contribution is -0.173. The SMILES string of the molecule is CN1CCCc2c1oc1c2C(C2=CC3OC4=CCCC=C4C4(C3C=C2)C2C=CC=CC2OC2CC(C3C=CCCC3)C=CC24)CC=C1. The van der Waals surface area contributed by atoms with Crippen molar-refractivity contribution in [3.8, 4) is 0 Å². The van der Waals surface area contributed by atoms with Crippen LogP contribution in [0.2, 0.25) is 0 Å². The van der Waals surface area contributed by atoms with Gasteiger partial charge in [0.25, 0.3) is 0 Å². The molecular weight excluding hydrogens is 578 g/mol. The molecule has 10 atom stereocenters. The Kier molecular flexibility index (Phi) is 6.68. The average Bonchev–Trinajstić information content (AvgIpc) is 3.52. The summed E-state index contributed by atoms with van der Waals surface area (Å²) in [4.78, 5) is 2.30. The van der Waals surface area contributed by atoms with Crippen molar-refractivity contribution in [2.45, 2.75) is 82.0 Å². The monoisotopic (exact) mass is 625 g/mol. The zero-order valence-electron chi connectivity index (χ0n) is 27.6. The minimum Gasteiger partial charge on any atom is -0.486 e. The van der Waals surface area contributed by atoms with Crippen LogP contribution in [-0.4, -0.2) is 31.9 Å². The Bertz CT molecular complexity index is 1740. The highest BCUT2D eigenvalue weighted by Gasteiger charge is 2.64. The third kappa shape index (κ3) is 4.22. The summed E-state index contributed by atoms with van der Waals surface area (Å²) in [6, 6.07) is 0. The number of rotatable bonds is 2. The average molecular weight is 626 g/mol. The van der Waals surface area contributed by atoms with Crippen LogP contribution in [-0.2, 0) is 15.9 Å². The van der Waals surface area contributed by atoms with Gasteiger partial charge >= 0.3 is 0 Å².